The zero-order valence-corrected chi connectivity index (χ0v) is 14.6. The van der Waals surface area contributed by atoms with Crippen molar-refractivity contribution in [2.24, 2.45) is 0 Å². The summed E-state index contributed by atoms with van der Waals surface area (Å²) in [7, 11) is 1.55. The third kappa shape index (κ3) is 2.79. The molecule has 132 valence electrons. The molecule has 0 atom stereocenters. The van der Waals surface area contributed by atoms with E-state index in [-0.39, 0.29) is 17.6 Å². The van der Waals surface area contributed by atoms with Gasteiger partial charge in [0.25, 0.3) is 11.8 Å². The average Bonchev–Trinajstić information content (AvgIpc) is 3.00. The van der Waals surface area contributed by atoms with Crippen LogP contribution in [0.25, 0.3) is 11.1 Å². The molecule has 2 amide bonds. The molecule has 3 aromatic rings. The summed E-state index contributed by atoms with van der Waals surface area (Å²) < 4.78 is 0. The first-order chi connectivity index (χ1) is 13.1. The number of rotatable bonds is 3. The van der Waals surface area contributed by atoms with Gasteiger partial charge >= 0.3 is 0 Å². The van der Waals surface area contributed by atoms with Gasteiger partial charge in [-0.2, -0.15) is 0 Å². The minimum Gasteiger partial charge on any atom is -0.355 e. The van der Waals surface area contributed by atoms with E-state index in [0.717, 1.165) is 11.1 Å². The molecule has 1 aliphatic carbocycles. The van der Waals surface area contributed by atoms with Crippen molar-refractivity contribution in [2.75, 3.05) is 12.4 Å². The number of anilines is 1. The summed E-state index contributed by atoms with van der Waals surface area (Å²) in [5.41, 5.74) is 3.88. The highest BCUT2D eigenvalue weighted by Gasteiger charge is 2.30. The molecule has 0 heterocycles. The highest BCUT2D eigenvalue weighted by molar-refractivity contribution is 6.26. The lowest BCUT2D eigenvalue weighted by Gasteiger charge is -2.10. The fraction of sp³-hybridized carbons (Fsp3) is 0.0455. The van der Waals surface area contributed by atoms with E-state index in [1.807, 2.05) is 24.3 Å². The van der Waals surface area contributed by atoms with E-state index < -0.39 is 0 Å². The van der Waals surface area contributed by atoms with Gasteiger partial charge in [-0.05, 0) is 35.4 Å². The van der Waals surface area contributed by atoms with Crippen LogP contribution in [0.15, 0.2) is 66.7 Å². The van der Waals surface area contributed by atoms with Crippen molar-refractivity contribution in [1.29, 1.82) is 0 Å². The molecular formula is C22H16N2O3. The summed E-state index contributed by atoms with van der Waals surface area (Å²) in [6.45, 7) is 0. The van der Waals surface area contributed by atoms with Crippen molar-refractivity contribution in [3.63, 3.8) is 0 Å². The van der Waals surface area contributed by atoms with Crippen molar-refractivity contribution in [2.45, 2.75) is 0 Å². The Morgan fingerprint density at radius 2 is 1.48 bits per heavy atom. The van der Waals surface area contributed by atoms with E-state index in [2.05, 4.69) is 10.6 Å². The Kier molecular flexibility index (Phi) is 4.05. The summed E-state index contributed by atoms with van der Waals surface area (Å²) >= 11 is 0. The summed E-state index contributed by atoms with van der Waals surface area (Å²) in [5, 5.41) is 5.33. The Morgan fingerprint density at radius 3 is 2.26 bits per heavy atom. The third-order valence-electron chi connectivity index (χ3n) is 4.61. The number of amides is 2. The van der Waals surface area contributed by atoms with Gasteiger partial charge in [-0.15, -0.1) is 0 Å². The van der Waals surface area contributed by atoms with E-state index in [4.69, 9.17) is 0 Å². The first-order valence-corrected chi connectivity index (χ1v) is 8.51. The Bertz CT molecular complexity index is 1100. The van der Waals surface area contributed by atoms with Crippen molar-refractivity contribution in [3.8, 4) is 11.1 Å². The van der Waals surface area contributed by atoms with Crippen LogP contribution < -0.4 is 10.6 Å². The lowest BCUT2D eigenvalue weighted by Crippen LogP contribution is -2.19. The molecule has 27 heavy (non-hydrogen) atoms. The van der Waals surface area contributed by atoms with Gasteiger partial charge < -0.3 is 10.6 Å². The molecule has 0 bridgehead atoms. The molecule has 5 nitrogen and oxygen atoms in total. The first-order valence-electron chi connectivity index (χ1n) is 8.51. The van der Waals surface area contributed by atoms with Crippen molar-refractivity contribution >= 4 is 23.3 Å². The SMILES string of the molecule is CNC(=O)c1cccc(NC(=O)c2cccc3c2C(=O)c2ccccc2-3)c1. The number of nitrogens with one attached hydrogen (secondary N) is 2. The van der Waals surface area contributed by atoms with Crippen LogP contribution >= 0.6 is 0 Å². The highest BCUT2D eigenvalue weighted by atomic mass is 16.2. The molecular weight excluding hydrogens is 340 g/mol. The molecule has 0 radical (unpaired) electrons. The van der Waals surface area contributed by atoms with Crippen LogP contribution in [-0.2, 0) is 0 Å². The molecule has 3 aromatic carbocycles. The molecule has 0 spiro atoms. The maximum Gasteiger partial charge on any atom is 0.256 e. The van der Waals surface area contributed by atoms with Gasteiger partial charge in [0.05, 0.1) is 5.56 Å². The molecule has 2 N–H and O–H groups in total. The van der Waals surface area contributed by atoms with Crippen molar-refractivity contribution < 1.29 is 14.4 Å². The fourth-order valence-corrected chi connectivity index (χ4v) is 3.34. The Hall–Kier alpha value is -3.73. The predicted molar refractivity (Wildman–Crippen MR) is 103 cm³/mol. The van der Waals surface area contributed by atoms with Gasteiger partial charge in [0.1, 0.15) is 0 Å². The normalized spacial score (nSPS) is 11.5. The lowest BCUT2D eigenvalue weighted by molar-refractivity contribution is 0.0961. The summed E-state index contributed by atoms with van der Waals surface area (Å²) in [6.07, 6.45) is 0. The Morgan fingerprint density at radius 1 is 0.778 bits per heavy atom. The van der Waals surface area contributed by atoms with Gasteiger partial charge in [0.15, 0.2) is 5.78 Å². The second kappa shape index (κ2) is 6.53. The van der Waals surface area contributed by atoms with Crippen LogP contribution in [0.5, 0.6) is 0 Å². The molecule has 1 aliphatic rings. The van der Waals surface area contributed by atoms with Gasteiger partial charge in [-0.3, -0.25) is 14.4 Å². The van der Waals surface area contributed by atoms with E-state index in [1.54, 1.807) is 49.5 Å². The van der Waals surface area contributed by atoms with Crippen molar-refractivity contribution in [3.05, 3.63) is 89.0 Å². The van der Waals surface area contributed by atoms with Crippen LogP contribution in [0.4, 0.5) is 5.69 Å². The zero-order chi connectivity index (χ0) is 19.0. The number of hydrogen-bond donors (Lipinski definition) is 2. The van der Waals surface area contributed by atoms with Crippen LogP contribution in [-0.4, -0.2) is 24.6 Å². The number of benzene rings is 3. The molecule has 4 rings (SSSR count). The second-order valence-electron chi connectivity index (χ2n) is 6.22. The summed E-state index contributed by atoms with van der Waals surface area (Å²) in [5.74, 6) is -0.773. The lowest BCUT2D eigenvalue weighted by atomic mass is 10.00. The average molecular weight is 356 g/mol. The zero-order valence-electron chi connectivity index (χ0n) is 14.6. The maximum absolute atomic E-state index is 12.9. The van der Waals surface area contributed by atoms with Gasteiger partial charge in [-0.1, -0.05) is 42.5 Å². The van der Waals surface area contributed by atoms with E-state index in [0.29, 0.717) is 27.9 Å². The number of hydrogen-bond acceptors (Lipinski definition) is 3. The quantitative estimate of drug-likeness (QED) is 0.590. The minimum absolute atomic E-state index is 0.148. The molecule has 0 fully saturated rings. The molecule has 5 heteroatoms. The van der Waals surface area contributed by atoms with Gasteiger partial charge in [0, 0.05) is 29.4 Å². The smallest absolute Gasteiger partial charge is 0.256 e. The van der Waals surface area contributed by atoms with Crippen LogP contribution in [0.2, 0.25) is 0 Å². The second-order valence-corrected chi connectivity index (χ2v) is 6.22. The predicted octanol–water partition coefficient (Wildman–Crippen LogP) is 3.51. The molecule has 0 aromatic heterocycles. The Labute approximate surface area is 156 Å². The summed E-state index contributed by atoms with van der Waals surface area (Å²) in [4.78, 5) is 37.4. The van der Waals surface area contributed by atoms with E-state index in [9.17, 15) is 14.4 Å². The number of ketones is 1. The van der Waals surface area contributed by atoms with E-state index in [1.165, 1.54) is 0 Å². The largest absolute Gasteiger partial charge is 0.355 e. The Balaban J connectivity index is 1.69. The first kappa shape index (κ1) is 16.7. The highest BCUT2D eigenvalue weighted by Crippen LogP contribution is 2.38. The van der Waals surface area contributed by atoms with Crippen LogP contribution in [0, 0.1) is 0 Å². The van der Waals surface area contributed by atoms with Crippen molar-refractivity contribution in [1.82, 2.24) is 5.32 Å². The topological polar surface area (TPSA) is 75.3 Å². The van der Waals surface area contributed by atoms with Gasteiger partial charge in [0.2, 0.25) is 0 Å². The molecule has 0 saturated carbocycles. The summed E-state index contributed by atoms with van der Waals surface area (Å²) in [6, 6.07) is 19.2. The fourth-order valence-electron chi connectivity index (χ4n) is 3.34. The van der Waals surface area contributed by atoms with Gasteiger partial charge in [-0.25, -0.2) is 0 Å². The standard InChI is InChI=1S/C22H16N2O3/c1-23-21(26)13-6-4-7-14(12-13)24-22(27)18-11-5-10-16-15-8-2-3-9-17(15)20(25)19(16)18/h2-12H,1H3,(H,23,26)(H,24,27). The minimum atomic E-state index is -0.387. The number of fused-ring (bicyclic) bond motifs is 3. The number of carbonyl (C=O) groups is 3. The monoisotopic (exact) mass is 356 g/mol. The maximum atomic E-state index is 12.9. The van der Waals surface area contributed by atoms with Crippen LogP contribution in [0.3, 0.4) is 0 Å². The number of carbonyl (C=O) groups excluding carboxylic acids is 3. The molecule has 0 unspecified atom stereocenters. The van der Waals surface area contributed by atoms with E-state index >= 15 is 0 Å². The molecule has 0 saturated heterocycles. The molecule has 0 aliphatic heterocycles. The van der Waals surface area contributed by atoms with Crippen LogP contribution in [0.1, 0.15) is 36.6 Å². The third-order valence-corrected chi connectivity index (χ3v) is 4.61.